The predicted octanol–water partition coefficient (Wildman–Crippen LogP) is 1.47. The van der Waals surface area contributed by atoms with E-state index in [0.717, 1.165) is 6.07 Å². The van der Waals surface area contributed by atoms with Gasteiger partial charge in [0.25, 0.3) is 5.69 Å². The molecule has 0 aliphatic carbocycles. The minimum atomic E-state index is -1.06. The molecule has 9 heteroatoms. The first-order valence-corrected chi connectivity index (χ1v) is 6.84. The van der Waals surface area contributed by atoms with E-state index in [1.165, 1.54) is 13.2 Å². The number of nitro groups is 1. The Hall–Kier alpha value is -2.84. The lowest BCUT2D eigenvalue weighted by molar-refractivity contribution is -0.385. The van der Waals surface area contributed by atoms with Crippen LogP contribution in [0.15, 0.2) is 12.1 Å². The summed E-state index contributed by atoms with van der Waals surface area (Å²) in [7, 11) is 1.33. The minimum absolute atomic E-state index is 0.121. The maximum absolute atomic E-state index is 12.2. The largest absolute Gasteiger partial charge is 0.493 e. The molecular formula is C14H15NO8. The lowest BCUT2D eigenvalue weighted by atomic mass is 10.1. The lowest BCUT2D eigenvalue weighted by Crippen LogP contribution is -2.23. The van der Waals surface area contributed by atoms with E-state index < -0.39 is 28.7 Å². The summed E-state index contributed by atoms with van der Waals surface area (Å²) in [6.45, 7) is 2.14. The molecule has 1 aromatic carbocycles. The molecule has 23 heavy (non-hydrogen) atoms. The summed E-state index contributed by atoms with van der Waals surface area (Å²) >= 11 is 0. The fourth-order valence-electron chi connectivity index (χ4n) is 2.07. The minimum Gasteiger partial charge on any atom is -0.493 e. The van der Waals surface area contributed by atoms with Crippen molar-refractivity contribution in [2.75, 3.05) is 20.3 Å². The van der Waals surface area contributed by atoms with E-state index >= 15 is 0 Å². The zero-order valence-corrected chi connectivity index (χ0v) is 12.6. The van der Waals surface area contributed by atoms with E-state index in [-0.39, 0.29) is 36.7 Å². The number of ether oxygens (including phenoxy) is 4. The molecule has 1 atom stereocenters. The highest BCUT2D eigenvalue weighted by Gasteiger charge is 2.33. The number of rotatable bonds is 6. The van der Waals surface area contributed by atoms with Crippen molar-refractivity contribution in [3.05, 3.63) is 27.8 Å². The van der Waals surface area contributed by atoms with Crippen molar-refractivity contribution >= 4 is 17.6 Å². The van der Waals surface area contributed by atoms with Crippen molar-refractivity contribution < 1.29 is 33.5 Å². The zero-order valence-electron chi connectivity index (χ0n) is 12.6. The van der Waals surface area contributed by atoms with E-state index in [1.54, 1.807) is 6.92 Å². The maximum Gasteiger partial charge on any atom is 0.347 e. The Morgan fingerprint density at radius 2 is 2.17 bits per heavy atom. The molecule has 1 heterocycles. The van der Waals surface area contributed by atoms with Crippen molar-refractivity contribution in [2.24, 2.45) is 0 Å². The Balaban J connectivity index is 2.37. The van der Waals surface area contributed by atoms with Gasteiger partial charge in [-0.15, -0.1) is 0 Å². The summed E-state index contributed by atoms with van der Waals surface area (Å²) in [5.41, 5.74) is -0.819. The van der Waals surface area contributed by atoms with Gasteiger partial charge in [0.15, 0.2) is 11.5 Å². The number of hydrogen-bond acceptors (Lipinski definition) is 8. The van der Waals surface area contributed by atoms with Crippen LogP contribution in [0.5, 0.6) is 11.5 Å². The second kappa shape index (κ2) is 6.95. The summed E-state index contributed by atoms with van der Waals surface area (Å²) in [6.07, 6.45) is -0.841. The number of cyclic esters (lactones) is 1. The third-order valence-corrected chi connectivity index (χ3v) is 3.13. The van der Waals surface area contributed by atoms with Crippen LogP contribution in [0.25, 0.3) is 0 Å². The van der Waals surface area contributed by atoms with Crippen molar-refractivity contribution in [1.29, 1.82) is 0 Å². The molecule has 0 amide bonds. The number of hydrogen-bond donors (Lipinski definition) is 0. The van der Waals surface area contributed by atoms with Crippen molar-refractivity contribution in [2.45, 2.75) is 19.4 Å². The number of benzene rings is 1. The molecule has 2 rings (SSSR count). The number of methoxy groups -OCH3 is 1. The molecule has 1 aliphatic rings. The molecule has 124 valence electrons. The van der Waals surface area contributed by atoms with E-state index in [1.807, 2.05) is 0 Å². The van der Waals surface area contributed by atoms with Crippen LogP contribution in [0.4, 0.5) is 5.69 Å². The van der Waals surface area contributed by atoms with Crippen LogP contribution >= 0.6 is 0 Å². The summed E-state index contributed by atoms with van der Waals surface area (Å²) < 4.78 is 20.0. The zero-order chi connectivity index (χ0) is 17.0. The third-order valence-electron chi connectivity index (χ3n) is 3.13. The van der Waals surface area contributed by atoms with Crippen LogP contribution in [-0.2, 0) is 14.3 Å². The molecule has 9 nitrogen and oxygen atoms in total. The van der Waals surface area contributed by atoms with Gasteiger partial charge in [0, 0.05) is 12.5 Å². The van der Waals surface area contributed by atoms with E-state index in [4.69, 9.17) is 14.2 Å². The molecule has 0 bridgehead atoms. The number of carbonyl (C=O) groups is 2. The van der Waals surface area contributed by atoms with Gasteiger partial charge in [0.1, 0.15) is 5.56 Å². The molecule has 1 aromatic rings. The molecule has 0 saturated carbocycles. The summed E-state index contributed by atoms with van der Waals surface area (Å²) in [6, 6.07) is 2.25. The second-order valence-corrected chi connectivity index (χ2v) is 4.56. The van der Waals surface area contributed by atoms with Crippen molar-refractivity contribution in [1.82, 2.24) is 0 Å². The van der Waals surface area contributed by atoms with Gasteiger partial charge >= 0.3 is 11.9 Å². The smallest absolute Gasteiger partial charge is 0.347 e. The Morgan fingerprint density at radius 1 is 1.43 bits per heavy atom. The topological polar surface area (TPSA) is 114 Å². The van der Waals surface area contributed by atoms with E-state index in [2.05, 4.69) is 4.74 Å². The van der Waals surface area contributed by atoms with Crippen molar-refractivity contribution in [3.8, 4) is 11.5 Å². The van der Waals surface area contributed by atoms with Crippen LogP contribution < -0.4 is 9.47 Å². The average Bonchev–Trinajstić information content (AvgIpc) is 2.92. The Kier molecular flexibility index (Phi) is 4.99. The monoisotopic (exact) mass is 325 g/mol. The molecule has 0 N–H and O–H groups in total. The molecule has 1 fully saturated rings. The van der Waals surface area contributed by atoms with Gasteiger partial charge in [-0.1, -0.05) is 0 Å². The number of nitrogens with zero attached hydrogens (tertiary/aromatic N) is 1. The van der Waals surface area contributed by atoms with E-state index in [9.17, 15) is 19.7 Å². The van der Waals surface area contributed by atoms with Gasteiger partial charge in [-0.2, -0.15) is 0 Å². The predicted molar refractivity (Wildman–Crippen MR) is 75.6 cm³/mol. The van der Waals surface area contributed by atoms with Crippen LogP contribution in [0.1, 0.15) is 23.7 Å². The van der Waals surface area contributed by atoms with Crippen LogP contribution in [0, 0.1) is 10.1 Å². The van der Waals surface area contributed by atoms with Gasteiger partial charge in [-0.3, -0.25) is 10.1 Å². The maximum atomic E-state index is 12.2. The number of carbonyl (C=O) groups excluding carboxylic acids is 2. The van der Waals surface area contributed by atoms with Crippen LogP contribution in [0.3, 0.4) is 0 Å². The Labute approximate surface area is 131 Å². The highest BCUT2D eigenvalue weighted by molar-refractivity contribution is 5.96. The fraction of sp³-hybridized carbons (Fsp3) is 0.429. The summed E-state index contributed by atoms with van der Waals surface area (Å²) in [5, 5.41) is 11.2. The molecule has 0 aromatic heterocycles. The SMILES string of the molecule is CCOc1cc(C(=O)O[C@H]2CCOC2=O)c([N+](=O)[O-])cc1OC. The van der Waals surface area contributed by atoms with Crippen LogP contribution in [0.2, 0.25) is 0 Å². The quantitative estimate of drug-likeness (QED) is 0.439. The molecule has 1 aliphatic heterocycles. The van der Waals surface area contributed by atoms with Crippen LogP contribution in [-0.4, -0.2) is 43.3 Å². The summed E-state index contributed by atoms with van der Waals surface area (Å²) in [4.78, 5) is 34.0. The van der Waals surface area contributed by atoms with Gasteiger partial charge in [0.05, 0.1) is 31.3 Å². The number of nitro benzene ring substituents is 1. The average molecular weight is 325 g/mol. The van der Waals surface area contributed by atoms with Crippen molar-refractivity contribution in [3.63, 3.8) is 0 Å². The third kappa shape index (κ3) is 3.50. The Morgan fingerprint density at radius 3 is 2.70 bits per heavy atom. The Bertz CT molecular complexity index is 642. The fourth-order valence-corrected chi connectivity index (χ4v) is 2.07. The highest BCUT2D eigenvalue weighted by Crippen LogP contribution is 2.35. The second-order valence-electron chi connectivity index (χ2n) is 4.56. The highest BCUT2D eigenvalue weighted by atomic mass is 16.6. The standard InChI is InChI=1S/C14H15NO8/c1-3-21-12-6-8(9(15(18)19)7-11(12)20-2)13(16)23-10-4-5-22-14(10)17/h6-7,10H,3-5H2,1-2H3/t10-/m0/s1. The normalized spacial score (nSPS) is 16.6. The molecule has 0 spiro atoms. The first kappa shape index (κ1) is 16.5. The molecule has 0 radical (unpaired) electrons. The summed E-state index contributed by atoms with van der Waals surface area (Å²) in [5.74, 6) is -1.37. The molecule has 1 saturated heterocycles. The first-order valence-electron chi connectivity index (χ1n) is 6.84. The molecular weight excluding hydrogens is 310 g/mol. The van der Waals surface area contributed by atoms with E-state index in [0.29, 0.717) is 0 Å². The van der Waals surface area contributed by atoms with Gasteiger partial charge < -0.3 is 18.9 Å². The first-order chi connectivity index (χ1) is 11.0. The van der Waals surface area contributed by atoms with Gasteiger partial charge in [0.2, 0.25) is 6.10 Å². The van der Waals surface area contributed by atoms with Gasteiger partial charge in [-0.05, 0) is 6.92 Å². The lowest BCUT2D eigenvalue weighted by Gasteiger charge is -2.12. The number of esters is 2. The molecule has 0 unspecified atom stereocenters. The van der Waals surface area contributed by atoms with Gasteiger partial charge in [-0.25, -0.2) is 9.59 Å².